The molecule has 0 aliphatic rings. The number of hydrogen-bond acceptors (Lipinski definition) is 5. The predicted molar refractivity (Wildman–Crippen MR) is 68.4 cm³/mol. The molecule has 90 valence electrons. The average Bonchev–Trinajstić information content (AvgIpc) is 2.86. The van der Waals surface area contributed by atoms with Gasteiger partial charge in [0.25, 0.3) is 0 Å². The fourth-order valence-electron chi connectivity index (χ4n) is 1.71. The van der Waals surface area contributed by atoms with E-state index in [4.69, 9.17) is 4.74 Å². The summed E-state index contributed by atoms with van der Waals surface area (Å²) in [7, 11) is 1.92. The molecule has 4 nitrogen and oxygen atoms in total. The molecule has 0 bridgehead atoms. The van der Waals surface area contributed by atoms with Gasteiger partial charge in [-0.25, -0.2) is 0 Å². The number of hydrogen-bond donors (Lipinski definition) is 1. The van der Waals surface area contributed by atoms with Crippen LogP contribution < -0.4 is 10.1 Å². The molecule has 2 aromatic rings. The number of nitrogens with one attached hydrogen (secondary N) is 1. The molecular weight excluding hydrogens is 234 g/mol. The minimum absolute atomic E-state index is 0.0874. The van der Waals surface area contributed by atoms with E-state index in [9.17, 15) is 0 Å². The Morgan fingerprint density at radius 2 is 2.12 bits per heavy atom. The van der Waals surface area contributed by atoms with Gasteiger partial charge in [-0.2, -0.15) is 8.75 Å². The van der Waals surface area contributed by atoms with Crippen molar-refractivity contribution in [3.63, 3.8) is 0 Å². The Hall–Kier alpha value is -1.46. The number of benzene rings is 1. The van der Waals surface area contributed by atoms with Gasteiger partial charge >= 0.3 is 0 Å². The van der Waals surface area contributed by atoms with Crippen LogP contribution in [-0.4, -0.2) is 22.4 Å². The second-order valence-electron chi connectivity index (χ2n) is 3.56. The smallest absolute Gasteiger partial charge is 0.119 e. The molecule has 1 heterocycles. The Bertz CT molecular complexity index is 441. The number of rotatable bonds is 5. The molecule has 2 rings (SSSR count). The first-order chi connectivity index (χ1) is 8.35. The quantitative estimate of drug-likeness (QED) is 0.883. The summed E-state index contributed by atoms with van der Waals surface area (Å²) >= 11 is 1.22. The summed E-state index contributed by atoms with van der Waals surface area (Å²) in [6.45, 7) is 2.66. The molecule has 0 aliphatic heterocycles. The first kappa shape index (κ1) is 12.0. The fraction of sp³-hybridized carbons (Fsp3) is 0.333. The van der Waals surface area contributed by atoms with Crippen LogP contribution >= 0.6 is 11.7 Å². The van der Waals surface area contributed by atoms with E-state index in [1.807, 2.05) is 38.2 Å². The average molecular weight is 249 g/mol. The largest absolute Gasteiger partial charge is 0.494 e. The van der Waals surface area contributed by atoms with Crippen LogP contribution in [0.4, 0.5) is 0 Å². The van der Waals surface area contributed by atoms with Crippen LogP contribution in [0.15, 0.2) is 30.5 Å². The molecule has 0 saturated heterocycles. The van der Waals surface area contributed by atoms with Crippen molar-refractivity contribution in [2.24, 2.45) is 0 Å². The van der Waals surface area contributed by atoms with Crippen LogP contribution in [0.5, 0.6) is 5.75 Å². The summed E-state index contributed by atoms with van der Waals surface area (Å²) in [5.74, 6) is 0.891. The van der Waals surface area contributed by atoms with Crippen molar-refractivity contribution >= 4 is 11.7 Å². The van der Waals surface area contributed by atoms with Crippen LogP contribution in [0.3, 0.4) is 0 Å². The van der Waals surface area contributed by atoms with Gasteiger partial charge in [-0.05, 0) is 31.7 Å². The molecule has 0 fully saturated rings. The lowest BCUT2D eigenvalue weighted by Gasteiger charge is -2.14. The van der Waals surface area contributed by atoms with Crippen LogP contribution in [0, 0.1) is 0 Å². The molecule has 1 atom stereocenters. The van der Waals surface area contributed by atoms with E-state index >= 15 is 0 Å². The molecule has 0 saturated carbocycles. The zero-order valence-electron chi connectivity index (χ0n) is 9.88. The maximum Gasteiger partial charge on any atom is 0.119 e. The summed E-state index contributed by atoms with van der Waals surface area (Å²) in [5.41, 5.74) is 2.10. The van der Waals surface area contributed by atoms with Gasteiger partial charge < -0.3 is 10.1 Å². The lowest BCUT2D eigenvalue weighted by Crippen LogP contribution is -2.17. The van der Waals surface area contributed by atoms with E-state index in [2.05, 4.69) is 14.1 Å². The van der Waals surface area contributed by atoms with Crippen LogP contribution in [-0.2, 0) is 0 Å². The Balaban J connectivity index is 2.20. The second-order valence-corrected chi connectivity index (χ2v) is 4.11. The summed E-state index contributed by atoms with van der Waals surface area (Å²) in [6.07, 6.45) is 1.79. The third-order valence-electron chi connectivity index (χ3n) is 2.49. The predicted octanol–water partition coefficient (Wildman–Crippen LogP) is 2.25. The van der Waals surface area contributed by atoms with Crippen LogP contribution in [0.1, 0.15) is 24.2 Å². The van der Waals surface area contributed by atoms with E-state index in [-0.39, 0.29) is 6.04 Å². The Kier molecular flexibility index (Phi) is 4.06. The van der Waals surface area contributed by atoms with E-state index in [0.717, 1.165) is 17.0 Å². The van der Waals surface area contributed by atoms with Crippen molar-refractivity contribution in [3.05, 3.63) is 41.7 Å². The highest BCUT2D eigenvalue weighted by molar-refractivity contribution is 6.99. The highest BCUT2D eigenvalue weighted by atomic mass is 32.1. The van der Waals surface area contributed by atoms with E-state index < -0.39 is 0 Å². The van der Waals surface area contributed by atoms with Crippen molar-refractivity contribution < 1.29 is 4.74 Å². The summed E-state index contributed by atoms with van der Waals surface area (Å²) in [6, 6.07) is 8.13. The fourth-order valence-corrected chi connectivity index (χ4v) is 2.16. The topological polar surface area (TPSA) is 47.0 Å². The number of ether oxygens (including phenoxy) is 1. The third kappa shape index (κ3) is 2.81. The van der Waals surface area contributed by atoms with E-state index in [0.29, 0.717) is 6.61 Å². The number of aromatic nitrogens is 2. The van der Waals surface area contributed by atoms with Gasteiger partial charge in [0.05, 0.1) is 36.3 Å². The van der Waals surface area contributed by atoms with Crippen LogP contribution in [0.2, 0.25) is 0 Å². The number of nitrogens with zero attached hydrogens (tertiary/aromatic N) is 2. The van der Waals surface area contributed by atoms with Crippen molar-refractivity contribution in [2.75, 3.05) is 13.7 Å². The molecular formula is C12H15N3OS. The molecule has 1 aromatic carbocycles. The minimum atomic E-state index is 0.0874. The van der Waals surface area contributed by atoms with Gasteiger partial charge in [0.1, 0.15) is 5.75 Å². The van der Waals surface area contributed by atoms with E-state index in [1.54, 1.807) is 6.20 Å². The Morgan fingerprint density at radius 3 is 2.65 bits per heavy atom. The maximum atomic E-state index is 5.42. The second kappa shape index (κ2) is 5.75. The zero-order chi connectivity index (χ0) is 12.1. The molecule has 1 N–H and O–H groups in total. The van der Waals surface area contributed by atoms with Gasteiger partial charge in [-0.1, -0.05) is 12.1 Å². The maximum absolute atomic E-state index is 5.42. The van der Waals surface area contributed by atoms with Crippen molar-refractivity contribution in [1.82, 2.24) is 14.1 Å². The van der Waals surface area contributed by atoms with Gasteiger partial charge in [0.15, 0.2) is 0 Å². The molecule has 5 heteroatoms. The lowest BCUT2D eigenvalue weighted by molar-refractivity contribution is 0.340. The zero-order valence-corrected chi connectivity index (χ0v) is 10.7. The summed E-state index contributed by atoms with van der Waals surface area (Å²) < 4.78 is 13.7. The lowest BCUT2D eigenvalue weighted by atomic mass is 10.0. The third-order valence-corrected chi connectivity index (χ3v) is 2.98. The van der Waals surface area contributed by atoms with Gasteiger partial charge in [-0.3, -0.25) is 0 Å². The molecule has 0 aliphatic carbocycles. The molecule has 0 spiro atoms. The van der Waals surface area contributed by atoms with E-state index in [1.165, 1.54) is 11.7 Å². The minimum Gasteiger partial charge on any atom is -0.494 e. The first-order valence-corrected chi connectivity index (χ1v) is 6.25. The molecule has 1 aromatic heterocycles. The Labute approximate surface area is 105 Å². The summed E-state index contributed by atoms with van der Waals surface area (Å²) in [4.78, 5) is 0. The van der Waals surface area contributed by atoms with Gasteiger partial charge in [0.2, 0.25) is 0 Å². The van der Waals surface area contributed by atoms with Crippen molar-refractivity contribution in [2.45, 2.75) is 13.0 Å². The molecule has 0 amide bonds. The van der Waals surface area contributed by atoms with Crippen LogP contribution in [0.25, 0.3) is 0 Å². The molecule has 1 unspecified atom stereocenters. The highest BCUT2D eigenvalue weighted by Gasteiger charge is 2.14. The monoisotopic (exact) mass is 249 g/mol. The van der Waals surface area contributed by atoms with Gasteiger partial charge in [-0.15, -0.1) is 0 Å². The first-order valence-electron chi connectivity index (χ1n) is 5.52. The van der Waals surface area contributed by atoms with Crippen molar-refractivity contribution in [1.29, 1.82) is 0 Å². The highest BCUT2D eigenvalue weighted by Crippen LogP contribution is 2.22. The molecule has 0 radical (unpaired) electrons. The van der Waals surface area contributed by atoms with Crippen molar-refractivity contribution in [3.8, 4) is 5.75 Å². The normalized spacial score (nSPS) is 12.4. The van der Waals surface area contributed by atoms with Gasteiger partial charge in [0, 0.05) is 0 Å². The molecule has 17 heavy (non-hydrogen) atoms. The Morgan fingerprint density at radius 1 is 1.35 bits per heavy atom. The standard InChI is InChI=1S/C12H15N3OS/c1-3-16-10-6-4-9(5-7-10)12(13-2)11-8-14-17-15-11/h4-8,12-13H,3H2,1-2H3. The summed E-state index contributed by atoms with van der Waals surface area (Å²) in [5, 5.41) is 3.24. The SMILES string of the molecule is CCOc1ccc(C(NC)c2cnsn2)cc1.